The molecule has 0 atom stereocenters. The van der Waals surface area contributed by atoms with E-state index in [1.165, 1.54) is 0 Å². The van der Waals surface area contributed by atoms with Gasteiger partial charge in [-0.25, -0.2) is 0 Å². The first-order chi connectivity index (χ1) is 12.2. The van der Waals surface area contributed by atoms with Gasteiger partial charge in [0.05, 0.1) is 19.8 Å². The van der Waals surface area contributed by atoms with Gasteiger partial charge in [0.1, 0.15) is 11.5 Å². The van der Waals surface area contributed by atoms with Crippen LogP contribution in [0.15, 0.2) is 34.5 Å². The zero-order chi connectivity index (χ0) is 18.0. The summed E-state index contributed by atoms with van der Waals surface area (Å²) >= 11 is 0. The number of benzene rings is 1. The minimum atomic E-state index is -0.399. The molecule has 6 heteroatoms. The largest absolute Gasteiger partial charge is 0.494 e. The molecule has 0 N–H and O–H groups in total. The summed E-state index contributed by atoms with van der Waals surface area (Å²) in [4.78, 5) is 11.7. The Morgan fingerprint density at radius 1 is 1.12 bits per heavy atom. The zero-order valence-corrected chi connectivity index (χ0v) is 14.6. The molecule has 1 aromatic carbocycles. The lowest BCUT2D eigenvalue weighted by molar-refractivity contribution is -0.144. The van der Waals surface area contributed by atoms with Gasteiger partial charge in [-0.1, -0.05) is 0 Å². The maximum atomic E-state index is 11.7. The van der Waals surface area contributed by atoms with Crippen molar-refractivity contribution in [1.29, 1.82) is 0 Å². The lowest BCUT2D eigenvalue weighted by Gasteiger charge is -2.10. The third-order valence-electron chi connectivity index (χ3n) is 3.75. The van der Waals surface area contributed by atoms with E-state index in [0.717, 1.165) is 17.9 Å². The highest BCUT2D eigenvalue weighted by molar-refractivity contribution is 5.69. The number of hydrogen-bond acceptors (Lipinski definition) is 6. The van der Waals surface area contributed by atoms with Gasteiger partial charge in [-0.15, -0.1) is 12.3 Å². The Bertz CT molecular complexity index is 613. The minimum absolute atomic E-state index is 0.233. The summed E-state index contributed by atoms with van der Waals surface area (Å²) in [5.74, 6) is 3.90. The molecule has 0 amide bonds. The van der Waals surface area contributed by atoms with Crippen LogP contribution in [0.5, 0.6) is 11.5 Å². The number of esters is 1. The molecule has 25 heavy (non-hydrogen) atoms. The molecule has 134 valence electrons. The summed E-state index contributed by atoms with van der Waals surface area (Å²) in [5.41, 5.74) is -0.399. The molecule has 1 aliphatic heterocycles. The van der Waals surface area contributed by atoms with Crippen LogP contribution >= 0.6 is 0 Å². The monoisotopic (exact) mass is 344 g/mol. The maximum Gasteiger partial charge on any atom is 0.305 e. The fourth-order valence-electron chi connectivity index (χ4n) is 2.27. The van der Waals surface area contributed by atoms with Gasteiger partial charge in [-0.3, -0.25) is 4.79 Å². The SMILES string of the molecule is C#CCCC1(CCOC(=O)CCCOc2ccc(OCC)cc2)N=N1. The average Bonchev–Trinajstić information content (AvgIpc) is 3.39. The third kappa shape index (κ3) is 6.84. The molecule has 0 radical (unpaired) electrons. The summed E-state index contributed by atoms with van der Waals surface area (Å²) in [7, 11) is 0. The molecule has 0 saturated heterocycles. The molecule has 0 fully saturated rings. The van der Waals surface area contributed by atoms with E-state index < -0.39 is 5.66 Å². The van der Waals surface area contributed by atoms with Gasteiger partial charge < -0.3 is 14.2 Å². The first-order valence-electron chi connectivity index (χ1n) is 8.56. The van der Waals surface area contributed by atoms with Crippen LogP contribution in [0.3, 0.4) is 0 Å². The van der Waals surface area contributed by atoms with Crippen LogP contribution in [-0.4, -0.2) is 31.5 Å². The molecular weight excluding hydrogens is 320 g/mol. The number of ether oxygens (including phenoxy) is 3. The number of carbonyl (C=O) groups is 1. The summed E-state index contributed by atoms with van der Waals surface area (Å²) < 4.78 is 16.2. The lowest BCUT2D eigenvalue weighted by Crippen LogP contribution is -2.16. The van der Waals surface area contributed by atoms with Crippen LogP contribution in [0.2, 0.25) is 0 Å². The van der Waals surface area contributed by atoms with Crippen molar-refractivity contribution in [2.75, 3.05) is 19.8 Å². The number of nitrogens with zero attached hydrogens (tertiary/aromatic N) is 2. The number of hydrogen-bond donors (Lipinski definition) is 0. The normalized spacial score (nSPS) is 13.8. The second kappa shape index (κ2) is 9.67. The van der Waals surface area contributed by atoms with Crippen LogP contribution in [0.4, 0.5) is 0 Å². The summed E-state index contributed by atoms with van der Waals surface area (Å²) in [6, 6.07) is 7.41. The van der Waals surface area contributed by atoms with E-state index in [4.69, 9.17) is 20.6 Å². The topological polar surface area (TPSA) is 69.5 Å². The van der Waals surface area contributed by atoms with Crippen LogP contribution < -0.4 is 9.47 Å². The molecule has 0 bridgehead atoms. The smallest absolute Gasteiger partial charge is 0.305 e. The van der Waals surface area contributed by atoms with Gasteiger partial charge in [0, 0.05) is 25.7 Å². The molecule has 2 rings (SSSR count). The fraction of sp³-hybridized carbons (Fsp3) is 0.526. The molecule has 0 saturated carbocycles. The van der Waals surface area contributed by atoms with Gasteiger partial charge in [0.2, 0.25) is 0 Å². The van der Waals surface area contributed by atoms with Crippen molar-refractivity contribution < 1.29 is 19.0 Å². The van der Waals surface area contributed by atoms with E-state index >= 15 is 0 Å². The molecule has 0 aromatic heterocycles. The Kier molecular flexibility index (Phi) is 7.27. The van der Waals surface area contributed by atoms with Crippen molar-refractivity contribution in [3.8, 4) is 23.8 Å². The van der Waals surface area contributed by atoms with Gasteiger partial charge in [-0.2, -0.15) is 10.2 Å². The number of terminal acetylenes is 1. The molecule has 0 unspecified atom stereocenters. The van der Waals surface area contributed by atoms with E-state index in [-0.39, 0.29) is 5.97 Å². The molecule has 6 nitrogen and oxygen atoms in total. The van der Waals surface area contributed by atoms with E-state index in [9.17, 15) is 4.79 Å². The minimum Gasteiger partial charge on any atom is -0.494 e. The molecule has 0 aliphatic carbocycles. The van der Waals surface area contributed by atoms with Crippen LogP contribution in [0.25, 0.3) is 0 Å². The third-order valence-corrected chi connectivity index (χ3v) is 3.75. The van der Waals surface area contributed by atoms with Crippen molar-refractivity contribution in [3.63, 3.8) is 0 Å². The van der Waals surface area contributed by atoms with Gasteiger partial charge in [0.25, 0.3) is 0 Å². The van der Waals surface area contributed by atoms with E-state index in [2.05, 4.69) is 16.1 Å². The van der Waals surface area contributed by atoms with Crippen molar-refractivity contribution in [2.45, 2.75) is 44.7 Å². The van der Waals surface area contributed by atoms with Crippen molar-refractivity contribution in [1.82, 2.24) is 0 Å². The van der Waals surface area contributed by atoms with E-state index in [1.807, 2.05) is 31.2 Å². The second-order valence-corrected chi connectivity index (χ2v) is 5.71. The Morgan fingerprint density at radius 3 is 2.40 bits per heavy atom. The van der Waals surface area contributed by atoms with Crippen molar-refractivity contribution >= 4 is 5.97 Å². The highest BCUT2D eigenvalue weighted by Crippen LogP contribution is 2.36. The quantitative estimate of drug-likeness (QED) is 0.329. The highest BCUT2D eigenvalue weighted by Gasteiger charge is 2.39. The fourth-order valence-corrected chi connectivity index (χ4v) is 2.27. The zero-order valence-electron chi connectivity index (χ0n) is 14.6. The molecule has 1 heterocycles. The predicted molar refractivity (Wildman–Crippen MR) is 93.6 cm³/mol. The Morgan fingerprint density at radius 2 is 1.80 bits per heavy atom. The Balaban J connectivity index is 1.53. The summed E-state index contributed by atoms with van der Waals surface area (Å²) in [5, 5.41) is 8.01. The molecule has 1 aromatic rings. The first kappa shape index (κ1) is 18.8. The number of rotatable bonds is 12. The first-order valence-corrected chi connectivity index (χ1v) is 8.56. The molecular formula is C19H24N2O4. The summed E-state index contributed by atoms with van der Waals surface area (Å²) in [6.45, 7) is 3.35. The van der Waals surface area contributed by atoms with Gasteiger partial charge in [0.15, 0.2) is 5.66 Å². The predicted octanol–water partition coefficient (Wildman–Crippen LogP) is 3.75. The number of carbonyl (C=O) groups excluding carboxylic acids is 1. The van der Waals surface area contributed by atoms with Crippen LogP contribution in [-0.2, 0) is 9.53 Å². The average molecular weight is 344 g/mol. The van der Waals surface area contributed by atoms with Gasteiger partial charge >= 0.3 is 5.97 Å². The van der Waals surface area contributed by atoms with Crippen LogP contribution in [0.1, 0.15) is 39.0 Å². The maximum absolute atomic E-state index is 11.7. The van der Waals surface area contributed by atoms with Gasteiger partial charge in [-0.05, 0) is 37.6 Å². The molecule has 0 spiro atoms. The molecule has 1 aliphatic rings. The lowest BCUT2D eigenvalue weighted by atomic mass is 10.1. The van der Waals surface area contributed by atoms with Crippen LogP contribution in [0, 0.1) is 12.3 Å². The van der Waals surface area contributed by atoms with Crippen molar-refractivity contribution in [3.05, 3.63) is 24.3 Å². The van der Waals surface area contributed by atoms with Crippen molar-refractivity contribution in [2.24, 2.45) is 10.2 Å². The second-order valence-electron chi connectivity index (χ2n) is 5.71. The van der Waals surface area contributed by atoms with E-state index in [0.29, 0.717) is 45.5 Å². The summed E-state index contributed by atoms with van der Waals surface area (Å²) in [6.07, 6.45) is 8.11. The standard InChI is InChI=1S/C19H24N2O4/c1-3-5-12-19(20-21-19)13-15-25-18(22)7-6-14-24-17-10-8-16(9-11-17)23-4-2/h1,8-11H,4-7,12-15H2,2H3. The highest BCUT2D eigenvalue weighted by atomic mass is 16.5. The Hall–Kier alpha value is -2.55. The Labute approximate surface area is 148 Å². The van der Waals surface area contributed by atoms with E-state index in [1.54, 1.807) is 0 Å².